The number of ether oxygens (including phenoxy) is 2. The lowest BCUT2D eigenvalue weighted by atomic mass is 10.1. The maximum absolute atomic E-state index is 12.2. The molecule has 31 heavy (non-hydrogen) atoms. The third-order valence-electron chi connectivity index (χ3n) is 4.66. The summed E-state index contributed by atoms with van der Waals surface area (Å²) in [6.07, 6.45) is 6.63. The van der Waals surface area contributed by atoms with Gasteiger partial charge in [-0.1, -0.05) is 74.0 Å². The van der Waals surface area contributed by atoms with Gasteiger partial charge in [0.25, 0.3) is 0 Å². The molecule has 3 aromatic rings. The van der Waals surface area contributed by atoms with E-state index in [1.165, 1.54) is 19.3 Å². The van der Waals surface area contributed by atoms with Crippen molar-refractivity contribution in [3.05, 3.63) is 72.6 Å². The summed E-state index contributed by atoms with van der Waals surface area (Å²) in [6, 6.07) is 17.1. The van der Waals surface area contributed by atoms with Crippen LogP contribution in [0, 0.1) is 0 Å². The highest BCUT2D eigenvalue weighted by Gasteiger charge is 2.16. The van der Waals surface area contributed by atoms with Crippen molar-refractivity contribution in [2.75, 3.05) is 5.75 Å². The van der Waals surface area contributed by atoms with Gasteiger partial charge in [-0.3, -0.25) is 0 Å². The Balaban J connectivity index is 1.49. The first-order valence-electron chi connectivity index (χ1n) is 10.6. The minimum Gasteiger partial charge on any atom is -0.479 e. The van der Waals surface area contributed by atoms with Gasteiger partial charge in [-0.05, 0) is 36.6 Å². The monoisotopic (exact) mass is 436 g/mol. The van der Waals surface area contributed by atoms with E-state index in [1.54, 1.807) is 18.7 Å². The number of carbonyl (C=O) groups excluding carboxylic acids is 1. The van der Waals surface area contributed by atoms with Crippen LogP contribution < -0.4 is 4.74 Å². The second-order valence-electron chi connectivity index (χ2n) is 7.19. The van der Waals surface area contributed by atoms with Crippen molar-refractivity contribution in [1.82, 2.24) is 9.97 Å². The SMILES string of the molecule is CCCCCSc1ncc(-c2ccc(O[C@H](C)C(=O)OCc3ccccc3)cc2)cn1. The van der Waals surface area contributed by atoms with Gasteiger partial charge in [0.05, 0.1) is 0 Å². The summed E-state index contributed by atoms with van der Waals surface area (Å²) >= 11 is 1.69. The van der Waals surface area contributed by atoms with Crippen LogP contribution in [0.5, 0.6) is 5.75 Å². The van der Waals surface area contributed by atoms with Gasteiger partial charge < -0.3 is 9.47 Å². The second kappa shape index (κ2) is 12.1. The zero-order chi connectivity index (χ0) is 21.9. The Bertz CT molecular complexity index is 931. The van der Waals surface area contributed by atoms with Gasteiger partial charge in [-0.2, -0.15) is 0 Å². The lowest BCUT2D eigenvalue weighted by Crippen LogP contribution is -2.26. The standard InChI is InChI=1S/C25H28N2O3S/c1-3-4-8-15-31-25-26-16-22(17-27-25)21-11-13-23(14-12-21)30-19(2)24(28)29-18-20-9-6-5-7-10-20/h5-7,9-14,16-17,19H,3-4,8,15,18H2,1-2H3/t19-/m1/s1. The fraction of sp³-hybridized carbons (Fsp3) is 0.320. The van der Waals surface area contributed by atoms with E-state index in [2.05, 4.69) is 16.9 Å². The summed E-state index contributed by atoms with van der Waals surface area (Å²) < 4.78 is 11.1. The highest BCUT2D eigenvalue weighted by atomic mass is 32.2. The van der Waals surface area contributed by atoms with Crippen LogP contribution in [0.4, 0.5) is 0 Å². The predicted molar refractivity (Wildman–Crippen MR) is 124 cm³/mol. The maximum Gasteiger partial charge on any atom is 0.347 e. The summed E-state index contributed by atoms with van der Waals surface area (Å²) in [7, 11) is 0. The topological polar surface area (TPSA) is 61.3 Å². The lowest BCUT2D eigenvalue weighted by Gasteiger charge is -2.14. The third kappa shape index (κ3) is 7.40. The zero-order valence-corrected chi connectivity index (χ0v) is 18.8. The predicted octanol–water partition coefficient (Wildman–Crippen LogP) is 5.94. The Morgan fingerprint density at radius 1 is 0.968 bits per heavy atom. The fourth-order valence-electron chi connectivity index (χ4n) is 2.88. The molecule has 1 aromatic heterocycles. The smallest absolute Gasteiger partial charge is 0.347 e. The lowest BCUT2D eigenvalue weighted by molar-refractivity contribution is -0.152. The van der Waals surface area contributed by atoms with E-state index in [-0.39, 0.29) is 6.61 Å². The third-order valence-corrected chi connectivity index (χ3v) is 5.63. The molecule has 1 heterocycles. The summed E-state index contributed by atoms with van der Waals surface area (Å²) in [5.74, 6) is 1.26. The van der Waals surface area contributed by atoms with Crippen LogP contribution in [0.2, 0.25) is 0 Å². The Morgan fingerprint density at radius 3 is 2.35 bits per heavy atom. The highest BCUT2D eigenvalue weighted by molar-refractivity contribution is 7.99. The average molecular weight is 437 g/mol. The molecule has 0 aliphatic heterocycles. The minimum absolute atomic E-state index is 0.235. The number of hydrogen-bond acceptors (Lipinski definition) is 6. The molecular weight excluding hydrogens is 408 g/mol. The number of esters is 1. The number of aromatic nitrogens is 2. The van der Waals surface area contributed by atoms with E-state index in [9.17, 15) is 4.79 Å². The highest BCUT2D eigenvalue weighted by Crippen LogP contribution is 2.23. The van der Waals surface area contributed by atoms with Gasteiger partial charge >= 0.3 is 5.97 Å². The van der Waals surface area contributed by atoms with E-state index >= 15 is 0 Å². The van der Waals surface area contributed by atoms with E-state index in [4.69, 9.17) is 9.47 Å². The first kappa shape index (κ1) is 22.8. The number of thioether (sulfide) groups is 1. The molecular formula is C25H28N2O3S. The van der Waals surface area contributed by atoms with Gasteiger partial charge in [-0.15, -0.1) is 0 Å². The Morgan fingerprint density at radius 2 is 1.68 bits per heavy atom. The first-order valence-corrected chi connectivity index (χ1v) is 11.6. The molecule has 0 bridgehead atoms. The van der Waals surface area contributed by atoms with Crippen LogP contribution in [-0.2, 0) is 16.1 Å². The molecule has 1 atom stereocenters. The summed E-state index contributed by atoms with van der Waals surface area (Å²) in [5, 5.41) is 0.808. The molecule has 0 saturated heterocycles. The number of carbonyl (C=O) groups is 1. The minimum atomic E-state index is -0.693. The largest absolute Gasteiger partial charge is 0.479 e. The maximum atomic E-state index is 12.2. The molecule has 0 unspecified atom stereocenters. The number of hydrogen-bond donors (Lipinski definition) is 0. The molecule has 0 fully saturated rings. The molecule has 0 amide bonds. The number of unbranched alkanes of at least 4 members (excludes halogenated alkanes) is 2. The molecule has 0 N–H and O–H groups in total. The quantitative estimate of drug-likeness (QED) is 0.160. The van der Waals surface area contributed by atoms with Gasteiger partial charge in [0, 0.05) is 23.7 Å². The Kier molecular flexibility index (Phi) is 8.91. The van der Waals surface area contributed by atoms with Crippen molar-refractivity contribution in [1.29, 1.82) is 0 Å². The van der Waals surface area contributed by atoms with Gasteiger partial charge in [0.15, 0.2) is 11.3 Å². The van der Waals surface area contributed by atoms with Crippen LogP contribution in [-0.4, -0.2) is 27.8 Å². The molecule has 0 radical (unpaired) electrons. The number of benzene rings is 2. The number of nitrogens with zero attached hydrogens (tertiary/aromatic N) is 2. The molecule has 3 rings (SSSR count). The van der Waals surface area contributed by atoms with Crippen molar-refractivity contribution in [3.8, 4) is 16.9 Å². The Labute approximate surface area is 188 Å². The van der Waals surface area contributed by atoms with Crippen LogP contribution in [0.15, 0.2) is 72.1 Å². The van der Waals surface area contributed by atoms with E-state index in [0.29, 0.717) is 5.75 Å². The summed E-state index contributed by atoms with van der Waals surface area (Å²) in [6.45, 7) is 4.12. The summed E-state index contributed by atoms with van der Waals surface area (Å²) in [5.41, 5.74) is 2.88. The van der Waals surface area contributed by atoms with E-state index < -0.39 is 12.1 Å². The average Bonchev–Trinajstić information content (AvgIpc) is 2.82. The normalized spacial score (nSPS) is 11.7. The first-order chi connectivity index (χ1) is 15.2. The van der Waals surface area contributed by atoms with Crippen LogP contribution in [0.3, 0.4) is 0 Å². The van der Waals surface area contributed by atoms with E-state index in [0.717, 1.165) is 27.6 Å². The number of rotatable bonds is 11. The Hall–Kier alpha value is -2.86. The van der Waals surface area contributed by atoms with Crippen LogP contribution in [0.25, 0.3) is 11.1 Å². The molecule has 0 aliphatic rings. The molecule has 0 spiro atoms. The van der Waals surface area contributed by atoms with Gasteiger partial charge in [-0.25, -0.2) is 14.8 Å². The van der Waals surface area contributed by atoms with Crippen LogP contribution in [0.1, 0.15) is 38.7 Å². The molecule has 6 heteroatoms. The summed E-state index contributed by atoms with van der Waals surface area (Å²) in [4.78, 5) is 21.1. The second-order valence-corrected chi connectivity index (χ2v) is 8.25. The van der Waals surface area contributed by atoms with Gasteiger partial charge in [0.2, 0.25) is 0 Å². The van der Waals surface area contributed by atoms with Crippen molar-refractivity contribution in [2.45, 2.75) is 51.0 Å². The molecule has 2 aromatic carbocycles. The molecule has 162 valence electrons. The van der Waals surface area contributed by atoms with Crippen molar-refractivity contribution in [3.63, 3.8) is 0 Å². The molecule has 5 nitrogen and oxygen atoms in total. The van der Waals surface area contributed by atoms with Crippen molar-refractivity contribution in [2.24, 2.45) is 0 Å². The van der Waals surface area contributed by atoms with E-state index in [1.807, 2.05) is 67.0 Å². The van der Waals surface area contributed by atoms with Gasteiger partial charge in [0.1, 0.15) is 12.4 Å². The van der Waals surface area contributed by atoms with Crippen molar-refractivity contribution < 1.29 is 14.3 Å². The molecule has 0 saturated carbocycles. The molecule has 0 aliphatic carbocycles. The fourth-order valence-corrected chi connectivity index (χ4v) is 3.67. The van der Waals surface area contributed by atoms with Crippen LogP contribution >= 0.6 is 11.8 Å². The zero-order valence-electron chi connectivity index (χ0n) is 18.0. The van der Waals surface area contributed by atoms with Crippen molar-refractivity contribution >= 4 is 17.7 Å².